The van der Waals surface area contributed by atoms with Crippen molar-refractivity contribution in [1.82, 2.24) is 5.32 Å². The van der Waals surface area contributed by atoms with Gasteiger partial charge in [0, 0.05) is 6.42 Å². The number of amides is 1. The monoisotopic (exact) mass is 298 g/mol. The van der Waals surface area contributed by atoms with Gasteiger partial charge in [0.15, 0.2) is 0 Å². The van der Waals surface area contributed by atoms with Crippen LogP contribution in [0.3, 0.4) is 0 Å². The summed E-state index contributed by atoms with van der Waals surface area (Å²) in [6, 6.07) is -0.909. The first kappa shape index (κ1) is 17.5. The standard InChI is InChI=1S/C15H26N2O4/c16-11-7-6-10-13(14(18)19)17-15(20)21-12-8-4-2-1-3-5-9-12/h2,4,12-13H,1,3,5-11,16H2,(H,17,20)(H,18,19)/b4-2+/t12?,13-/m0/s1. The number of aliphatic carboxylic acids is 1. The highest BCUT2D eigenvalue weighted by Crippen LogP contribution is 2.15. The lowest BCUT2D eigenvalue weighted by atomic mass is 10.0. The van der Waals surface area contributed by atoms with E-state index >= 15 is 0 Å². The summed E-state index contributed by atoms with van der Waals surface area (Å²) in [5, 5.41) is 11.5. The van der Waals surface area contributed by atoms with E-state index in [-0.39, 0.29) is 6.10 Å². The number of nitrogens with one attached hydrogen (secondary N) is 1. The van der Waals surface area contributed by atoms with E-state index in [0.29, 0.717) is 25.8 Å². The van der Waals surface area contributed by atoms with Crippen LogP contribution in [-0.4, -0.2) is 35.9 Å². The van der Waals surface area contributed by atoms with Crippen LogP contribution < -0.4 is 11.1 Å². The van der Waals surface area contributed by atoms with Crippen molar-refractivity contribution in [3.05, 3.63) is 12.2 Å². The van der Waals surface area contributed by atoms with Crippen LogP contribution in [0.2, 0.25) is 0 Å². The Morgan fingerprint density at radius 1 is 1.33 bits per heavy atom. The van der Waals surface area contributed by atoms with E-state index in [0.717, 1.165) is 32.1 Å². The molecule has 6 heteroatoms. The summed E-state index contributed by atoms with van der Waals surface area (Å²) in [6.45, 7) is 0.519. The topological polar surface area (TPSA) is 102 Å². The van der Waals surface area contributed by atoms with Gasteiger partial charge in [0.2, 0.25) is 0 Å². The molecule has 0 aromatic carbocycles. The number of carboxylic acids is 1. The van der Waals surface area contributed by atoms with Crippen LogP contribution in [0.1, 0.15) is 51.4 Å². The maximum absolute atomic E-state index is 11.8. The van der Waals surface area contributed by atoms with Crippen molar-refractivity contribution in [3.8, 4) is 0 Å². The van der Waals surface area contributed by atoms with Crippen molar-refractivity contribution in [3.63, 3.8) is 0 Å². The van der Waals surface area contributed by atoms with Crippen LogP contribution in [0.25, 0.3) is 0 Å². The van der Waals surface area contributed by atoms with Crippen molar-refractivity contribution in [2.24, 2.45) is 5.73 Å². The summed E-state index contributed by atoms with van der Waals surface area (Å²) in [6.07, 6.45) is 9.78. The van der Waals surface area contributed by atoms with E-state index < -0.39 is 18.1 Å². The molecule has 0 saturated heterocycles. The molecule has 0 radical (unpaired) electrons. The lowest BCUT2D eigenvalue weighted by molar-refractivity contribution is -0.139. The zero-order valence-electron chi connectivity index (χ0n) is 12.4. The van der Waals surface area contributed by atoms with Gasteiger partial charge in [-0.2, -0.15) is 0 Å². The van der Waals surface area contributed by atoms with Crippen LogP contribution in [-0.2, 0) is 9.53 Å². The smallest absolute Gasteiger partial charge is 0.408 e. The first-order valence-electron chi connectivity index (χ1n) is 7.68. The maximum atomic E-state index is 11.8. The molecule has 1 unspecified atom stereocenters. The maximum Gasteiger partial charge on any atom is 0.408 e. The second-order valence-electron chi connectivity index (χ2n) is 5.34. The van der Waals surface area contributed by atoms with Gasteiger partial charge in [-0.25, -0.2) is 9.59 Å². The number of allylic oxidation sites excluding steroid dienone is 1. The average Bonchev–Trinajstić information content (AvgIpc) is 2.40. The Bertz CT molecular complexity index is 358. The largest absolute Gasteiger partial charge is 0.480 e. The molecule has 4 N–H and O–H groups in total. The van der Waals surface area contributed by atoms with E-state index in [9.17, 15) is 9.59 Å². The molecule has 120 valence electrons. The van der Waals surface area contributed by atoms with Crippen LogP contribution in [0.4, 0.5) is 4.79 Å². The Morgan fingerprint density at radius 2 is 2.14 bits per heavy atom. The highest BCUT2D eigenvalue weighted by molar-refractivity contribution is 5.79. The van der Waals surface area contributed by atoms with Gasteiger partial charge in [0.05, 0.1) is 0 Å². The molecular weight excluding hydrogens is 272 g/mol. The molecule has 0 aliphatic heterocycles. The molecular formula is C15H26N2O4. The number of hydrogen-bond donors (Lipinski definition) is 3. The summed E-state index contributed by atoms with van der Waals surface area (Å²) >= 11 is 0. The Kier molecular flexibility index (Phi) is 8.50. The number of carbonyl (C=O) groups is 2. The summed E-state index contributed by atoms with van der Waals surface area (Å²) in [4.78, 5) is 22.9. The fourth-order valence-corrected chi connectivity index (χ4v) is 2.30. The third-order valence-electron chi connectivity index (χ3n) is 3.52. The van der Waals surface area contributed by atoms with Crippen molar-refractivity contribution in [1.29, 1.82) is 0 Å². The van der Waals surface area contributed by atoms with Crippen LogP contribution in [0.15, 0.2) is 12.2 Å². The molecule has 1 rings (SSSR count). The third kappa shape index (κ3) is 7.70. The molecule has 1 aliphatic rings. The first-order valence-corrected chi connectivity index (χ1v) is 7.68. The SMILES string of the molecule is NCCCC[C@H](NC(=O)OC1C/C=C/CCCC1)C(=O)O. The zero-order chi connectivity index (χ0) is 15.5. The second-order valence-corrected chi connectivity index (χ2v) is 5.34. The molecule has 6 nitrogen and oxygen atoms in total. The minimum atomic E-state index is -1.04. The predicted molar refractivity (Wildman–Crippen MR) is 80.0 cm³/mol. The number of carboxylic acid groups (broad SMARTS) is 1. The molecule has 0 fully saturated rings. The van der Waals surface area contributed by atoms with Crippen LogP contribution in [0, 0.1) is 0 Å². The number of ether oxygens (including phenoxy) is 1. The molecule has 0 spiro atoms. The number of hydrogen-bond acceptors (Lipinski definition) is 4. The molecule has 2 atom stereocenters. The summed E-state index contributed by atoms with van der Waals surface area (Å²) in [5.74, 6) is -1.04. The van der Waals surface area contributed by atoms with Gasteiger partial charge in [-0.15, -0.1) is 0 Å². The van der Waals surface area contributed by atoms with Gasteiger partial charge in [0.1, 0.15) is 12.1 Å². The fourth-order valence-electron chi connectivity index (χ4n) is 2.30. The number of alkyl carbamates (subject to hydrolysis) is 1. The molecule has 0 aromatic rings. The molecule has 0 heterocycles. The Morgan fingerprint density at radius 3 is 2.86 bits per heavy atom. The normalized spacial score (nSPS) is 21.7. The summed E-state index contributed by atoms with van der Waals surface area (Å²) in [7, 11) is 0. The van der Waals surface area contributed by atoms with E-state index in [2.05, 4.69) is 11.4 Å². The van der Waals surface area contributed by atoms with Gasteiger partial charge in [-0.05, 0) is 51.5 Å². The summed E-state index contributed by atoms with van der Waals surface area (Å²) in [5.41, 5.74) is 5.38. The van der Waals surface area contributed by atoms with Crippen molar-refractivity contribution >= 4 is 12.1 Å². The van der Waals surface area contributed by atoms with Gasteiger partial charge in [-0.3, -0.25) is 0 Å². The molecule has 1 amide bonds. The minimum absolute atomic E-state index is 0.167. The Hall–Kier alpha value is -1.56. The zero-order valence-corrected chi connectivity index (χ0v) is 12.4. The van der Waals surface area contributed by atoms with Gasteiger partial charge < -0.3 is 20.9 Å². The van der Waals surface area contributed by atoms with Gasteiger partial charge in [0.25, 0.3) is 0 Å². The fraction of sp³-hybridized carbons (Fsp3) is 0.733. The van der Waals surface area contributed by atoms with E-state index in [1.165, 1.54) is 0 Å². The quantitative estimate of drug-likeness (QED) is 0.494. The first-order chi connectivity index (χ1) is 10.1. The van der Waals surface area contributed by atoms with Crippen molar-refractivity contribution < 1.29 is 19.4 Å². The van der Waals surface area contributed by atoms with Crippen molar-refractivity contribution in [2.45, 2.75) is 63.5 Å². The lowest BCUT2D eigenvalue weighted by Gasteiger charge is -2.20. The Labute approximate surface area is 125 Å². The summed E-state index contributed by atoms with van der Waals surface area (Å²) < 4.78 is 5.32. The van der Waals surface area contributed by atoms with E-state index in [1.54, 1.807) is 0 Å². The predicted octanol–water partition coefficient (Wildman–Crippen LogP) is 2.18. The highest BCUT2D eigenvalue weighted by Gasteiger charge is 2.22. The third-order valence-corrected chi connectivity index (χ3v) is 3.52. The van der Waals surface area contributed by atoms with E-state index in [1.807, 2.05) is 6.08 Å². The van der Waals surface area contributed by atoms with E-state index in [4.69, 9.17) is 15.6 Å². The van der Waals surface area contributed by atoms with Gasteiger partial charge >= 0.3 is 12.1 Å². The highest BCUT2D eigenvalue weighted by atomic mass is 16.6. The molecule has 21 heavy (non-hydrogen) atoms. The number of rotatable bonds is 7. The number of carbonyl (C=O) groups excluding carboxylic acids is 1. The molecule has 0 aromatic heterocycles. The Balaban J connectivity index is 2.39. The average molecular weight is 298 g/mol. The van der Waals surface area contributed by atoms with Crippen LogP contribution >= 0.6 is 0 Å². The van der Waals surface area contributed by atoms with Gasteiger partial charge in [-0.1, -0.05) is 12.2 Å². The minimum Gasteiger partial charge on any atom is -0.480 e. The lowest BCUT2D eigenvalue weighted by Crippen LogP contribution is -2.42. The molecule has 0 saturated carbocycles. The second kappa shape index (κ2) is 10.2. The number of unbranched alkanes of at least 4 members (excludes halogenated alkanes) is 1. The molecule has 0 bridgehead atoms. The molecule has 1 aliphatic carbocycles. The van der Waals surface area contributed by atoms with Crippen molar-refractivity contribution in [2.75, 3.05) is 6.54 Å². The van der Waals surface area contributed by atoms with Crippen LogP contribution in [0.5, 0.6) is 0 Å². The number of nitrogens with two attached hydrogens (primary N) is 1.